The lowest BCUT2D eigenvalue weighted by Crippen LogP contribution is -2.36. The van der Waals surface area contributed by atoms with Crippen molar-refractivity contribution >= 4 is 17.4 Å². The van der Waals surface area contributed by atoms with Crippen molar-refractivity contribution in [3.63, 3.8) is 0 Å². The maximum atomic E-state index is 12.4. The van der Waals surface area contributed by atoms with Crippen LogP contribution in [0.25, 0.3) is 0 Å². The van der Waals surface area contributed by atoms with Gasteiger partial charge in [0.25, 0.3) is 0 Å². The number of nitrogens with zero attached hydrogens (tertiary/aromatic N) is 1. The zero-order chi connectivity index (χ0) is 18.4. The topological polar surface area (TPSA) is 64.6 Å². The molecule has 0 radical (unpaired) electrons. The first-order valence-electron chi connectivity index (χ1n) is 9.31. The van der Waals surface area contributed by atoms with Crippen LogP contribution in [0.2, 0.25) is 0 Å². The quantitative estimate of drug-likeness (QED) is 0.731. The van der Waals surface area contributed by atoms with Gasteiger partial charge in [0, 0.05) is 19.1 Å². The number of nitrogens with one attached hydrogen (secondary N) is 2. The van der Waals surface area contributed by atoms with Gasteiger partial charge in [-0.3, -0.25) is 0 Å². The Hall–Kier alpha value is -2.69. The van der Waals surface area contributed by atoms with Gasteiger partial charge in [-0.25, -0.2) is 4.79 Å². The fraction of sp³-hybridized carbons (Fsp3) is 0.381. The van der Waals surface area contributed by atoms with E-state index in [1.54, 1.807) is 12.1 Å². The molecule has 0 bridgehead atoms. The summed E-state index contributed by atoms with van der Waals surface area (Å²) in [6.07, 6.45) is 4.10. The van der Waals surface area contributed by atoms with Crippen LogP contribution < -0.4 is 15.5 Å². The molecule has 2 aromatic carbocycles. The summed E-state index contributed by atoms with van der Waals surface area (Å²) in [7, 11) is 0. The van der Waals surface area contributed by atoms with Crippen LogP contribution >= 0.6 is 0 Å². The normalized spacial score (nSPS) is 14.9. The summed E-state index contributed by atoms with van der Waals surface area (Å²) >= 11 is 0. The number of aryl methyl sites for hydroxylation is 1. The Morgan fingerprint density at radius 3 is 2.54 bits per heavy atom. The highest BCUT2D eigenvalue weighted by atomic mass is 16.3. The molecule has 1 atom stereocenters. The summed E-state index contributed by atoms with van der Waals surface area (Å²) in [6.45, 7) is 4.10. The van der Waals surface area contributed by atoms with E-state index in [2.05, 4.69) is 21.6 Å². The Bertz CT molecular complexity index is 724. The third-order valence-electron chi connectivity index (χ3n) is 4.78. The first kappa shape index (κ1) is 18.1. The van der Waals surface area contributed by atoms with E-state index >= 15 is 0 Å². The number of carbonyl (C=O) groups is 1. The monoisotopic (exact) mass is 353 g/mol. The molecule has 0 unspecified atom stereocenters. The molecule has 1 aliphatic heterocycles. The molecule has 1 aliphatic rings. The molecule has 0 aliphatic carbocycles. The standard InChI is InChI=1S/C21H27N3O2/c1-16(8-9-17-10-12-18(25)13-11-17)22-21(26)23-19-6-2-3-7-20(19)24-14-4-5-15-24/h2-3,6-7,10-13,16,25H,4-5,8-9,14-15H2,1H3,(H2,22,23,26)/t16-/m0/s1. The Morgan fingerprint density at radius 1 is 1.12 bits per heavy atom. The van der Waals surface area contributed by atoms with Crippen LogP contribution in [0.3, 0.4) is 0 Å². The number of amides is 2. The summed E-state index contributed by atoms with van der Waals surface area (Å²) in [5, 5.41) is 15.3. The van der Waals surface area contributed by atoms with Gasteiger partial charge in [0.15, 0.2) is 0 Å². The molecule has 5 nitrogen and oxygen atoms in total. The fourth-order valence-electron chi connectivity index (χ4n) is 3.31. The zero-order valence-electron chi connectivity index (χ0n) is 15.2. The molecule has 5 heteroatoms. The third kappa shape index (κ3) is 4.91. The van der Waals surface area contributed by atoms with Gasteiger partial charge in [0.2, 0.25) is 0 Å². The third-order valence-corrected chi connectivity index (χ3v) is 4.78. The Balaban J connectivity index is 1.51. The van der Waals surface area contributed by atoms with Gasteiger partial charge in [-0.05, 0) is 62.4 Å². The zero-order valence-corrected chi connectivity index (χ0v) is 15.2. The van der Waals surface area contributed by atoms with Gasteiger partial charge < -0.3 is 20.6 Å². The molecule has 138 valence electrons. The lowest BCUT2D eigenvalue weighted by atomic mass is 10.1. The summed E-state index contributed by atoms with van der Waals surface area (Å²) in [5.74, 6) is 0.274. The lowest BCUT2D eigenvalue weighted by Gasteiger charge is -2.22. The molecular formula is C21H27N3O2. The molecule has 26 heavy (non-hydrogen) atoms. The van der Waals surface area contributed by atoms with Gasteiger partial charge in [-0.1, -0.05) is 24.3 Å². The van der Waals surface area contributed by atoms with E-state index < -0.39 is 0 Å². The minimum Gasteiger partial charge on any atom is -0.508 e. The van der Waals surface area contributed by atoms with Crippen LogP contribution in [0.15, 0.2) is 48.5 Å². The lowest BCUT2D eigenvalue weighted by molar-refractivity contribution is 0.248. The second-order valence-corrected chi connectivity index (χ2v) is 6.92. The largest absolute Gasteiger partial charge is 0.508 e. The summed E-state index contributed by atoms with van der Waals surface area (Å²) in [4.78, 5) is 14.7. The molecule has 1 saturated heterocycles. The SMILES string of the molecule is C[C@@H](CCc1ccc(O)cc1)NC(=O)Nc1ccccc1N1CCCC1. The number of phenolic OH excluding ortho intramolecular Hbond substituents is 1. The van der Waals surface area contributed by atoms with Crippen molar-refractivity contribution in [2.75, 3.05) is 23.3 Å². The Kier molecular flexibility index (Phi) is 6.00. The molecule has 3 N–H and O–H groups in total. The number of para-hydroxylation sites is 2. The van der Waals surface area contributed by atoms with E-state index in [4.69, 9.17) is 0 Å². The Labute approximate surface area is 155 Å². The smallest absolute Gasteiger partial charge is 0.319 e. The maximum Gasteiger partial charge on any atom is 0.319 e. The molecule has 0 saturated carbocycles. The minimum atomic E-state index is -0.171. The van der Waals surface area contributed by atoms with Crippen molar-refractivity contribution in [1.82, 2.24) is 5.32 Å². The van der Waals surface area contributed by atoms with E-state index in [-0.39, 0.29) is 17.8 Å². The number of anilines is 2. The number of hydrogen-bond acceptors (Lipinski definition) is 3. The van der Waals surface area contributed by atoms with Crippen molar-refractivity contribution in [1.29, 1.82) is 0 Å². The first-order chi connectivity index (χ1) is 12.6. The molecular weight excluding hydrogens is 326 g/mol. The predicted molar refractivity (Wildman–Crippen MR) is 106 cm³/mol. The van der Waals surface area contributed by atoms with Crippen molar-refractivity contribution < 1.29 is 9.90 Å². The summed E-state index contributed by atoms with van der Waals surface area (Å²) < 4.78 is 0. The van der Waals surface area contributed by atoms with Gasteiger partial charge in [0.1, 0.15) is 5.75 Å². The number of aromatic hydroxyl groups is 1. The fourth-order valence-corrected chi connectivity index (χ4v) is 3.31. The second kappa shape index (κ2) is 8.61. The van der Waals surface area contributed by atoms with Gasteiger partial charge in [-0.15, -0.1) is 0 Å². The molecule has 1 fully saturated rings. The number of hydrogen-bond donors (Lipinski definition) is 3. The highest BCUT2D eigenvalue weighted by Gasteiger charge is 2.17. The van der Waals surface area contributed by atoms with Crippen LogP contribution in [0.5, 0.6) is 5.75 Å². The maximum absolute atomic E-state index is 12.4. The Morgan fingerprint density at radius 2 is 1.81 bits per heavy atom. The highest BCUT2D eigenvalue weighted by Crippen LogP contribution is 2.28. The van der Waals surface area contributed by atoms with Gasteiger partial charge in [-0.2, -0.15) is 0 Å². The number of urea groups is 1. The second-order valence-electron chi connectivity index (χ2n) is 6.92. The summed E-state index contributed by atoms with van der Waals surface area (Å²) in [6, 6.07) is 15.1. The van der Waals surface area contributed by atoms with E-state index in [0.29, 0.717) is 0 Å². The molecule has 0 spiro atoms. The van der Waals surface area contributed by atoms with Crippen LogP contribution in [0.1, 0.15) is 31.7 Å². The number of phenols is 1. The van der Waals surface area contributed by atoms with Crippen LogP contribution in [-0.2, 0) is 6.42 Å². The van der Waals surface area contributed by atoms with Crippen LogP contribution in [0, 0.1) is 0 Å². The van der Waals surface area contributed by atoms with E-state index in [9.17, 15) is 9.90 Å². The predicted octanol–water partition coefficient (Wildman–Crippen LogP) is 4.14. The number of carbonyl (C=O) groups excluding carboxylic acids is 1. The molecule has 2 amide bonds. The van der Waals surface area contributed by atoms with Crippen molar-refractivity contribution in [3.05, 3.63) is 54.1 Å². The van der Waals surface area contributed by atoms with E-state index in [0.717, 1.165) is 42.9 Å². The van der Waals surface area contributed by atoms with Crippen LogP contribution in [0.4, 0.5) is 16.2 Å². The number of rotatable bonds is 6. The van der Waals surface area contributed by atoms with Crippen molar-refractivity contribution in [3.8, 4) is 5.75 Å². The first-order valence-corrected chi connectivity index (χ1v) is 9.31. The van der Waals surface area contributed by atoms with Gasteiger partial charge >= 0.3 is 6.03 Å². The summed E-state index contributed by atoms with van der Waals surface area (Å²) in [5.41, 5.74) is 3.10. The minimum absolute atomic E-state index is 0.0581. The number of benzene rings is 2. The average molecular weight is 353 g/mol. The van der Waals surface area contributed by atoms with Gasteiger partial charge in [0.05, 0.1) is 11.4 Å². The van der Waals surface area contributed by atoms with E-state index in [1.165, 1.54) is 12.8 Å². The molecule has 3 rings (SSSR count). The molecule has 1 heterocycles. The van der Waals surface area contributed by atoms with Crippen LogP contribution in [-0.4, -0.2) is 30.3 Å². The van der Waals surface area contributed by atoms with Crippen molar-refractivity contribution in [2.45, 2.75) is 38.6 Å². The molecule has 0 aromatic heterocycles. The average Bonchev–Trinajstić information content (AvgIpc) is 3.16. The van der Waals surface area contributed by atoms with Crippen molar-refractivity contribution in [2.24, 2.45) is 0 Å². The molecule has 2 aromatic rings. The van der Waals surface area contributed by atoms with E-state index in [1.807, 2.05) is 37.3 Å². The highest BCUT2D eigenvalue weighted by molar-refractivity contribution is 5.93.